The molecule has 4 aliphatic rings. The van der Waals surface area contributed by atoms with Crippen LogP contribution in [0.2, 0.25) is 0 Å². The number of anilines is 6. The molecule has 0 bridgehead atoms. The second-order valence-electron chi connectivity index (χ2n) is 33.4. The van der Waals surface area contributed by atoms with Crippen LogP contribution < -0.4 is 52.1 Å². The maximum Gasteiger partial charge on any atom is 0.260 e. The number of para-hydroxylation sites is 2. The van der Waals surface area contributed by atoms with Gasteiger partial charge in [-0.15, -0.1) is 0 Å². The van der Waals surface area contributed by atoms with Gasteiger partial charge in [-0.3, -0.25) is 0 Å². The number of ether oxygens (including phenoxy) is 2. The Bertz CT molecular complexity index is 6780. The fourth-order valence-electron chi connectivity index (χ4n) is 15.6. The summed E-state index contributed by atoms with van der Waals surface area (Å²) in [6, 6.07) is 42.9. The number of nitrogens with zero attached hydrogens (tertiary/aromatic N) is 3. The lowest BCUT2D eigenvalue weighted by atomic mass is 9.30. The summed E-state index contributed by atoms with van der Waals surface area (Å²) < 4.78 is 202. The van der Waals surface area contributed by atoms with E-state index in [0.29, 0.717) is 56.0 Å². The van der Waals surface area contributed by atoms with E-state index < -0.39 is 136 Å². The Kier molecular flexibility index (Phi) is 11.1. The van der Waals surface area contributed by atoms with Crippen molar-refractivity contribution in [3.63, 3.8) is 0 Å². The van der Waals surface area contributed by atoms with E-state index in [-0.39, 0.29) is 113 Å². The van der Waals surface area contributed by atoms with Gasteiger partial charge in [-0.2, -0.15) is 0 Å². The summed E-state index contributed by atoms with van der Waals surface area (Å²) in [5.41, 5.74) is 5.67. The highest BCUT2D eigenvalue weighted by atomic mass is 16.5. The van der Waals surface area contributed by atoms with Crippen molar-refractivity contribution in [3.05, 3.63) is 294 Å². The van der Waals surface area contributed by atoms with Crippen LogP contribution in [0.3, 0.4) is 0 Å². The fraction of sp³-hybridized carbons (Fsp3) is 0.204. The zero-order valence-corrected chi connectivity index (χ0v) is 61.8. The molecule has 105 heavy (non-hydrogen) atoms. The zero-order chi connectivity index (χ0) is 88.2. The molecule has 0 N–H and O–H groups in total. The first-order valence-corrected chi connectivity index (χ1v) is 36.2. The van der Waals surface area contributed by atoms with E-state index in [4.69, 9.17) is 9.47 Å². The maximum absolute atomic E-state index is 12.1. The molecule has 0 unspecified atom stereocenters. The van der Waals surface area contributed by atoms with Gasteiger partial charge in [0.2, 0.25) is 0 Å². The van der Waals surface area contributed by atoms with Crippen molar-refractivity contribution < 1.29 is 34.1 Å². The molecule has 0 atom stereocenters. The van der Waals surface area contributed by atoms with Gasteiger partial charge in [0.1, 0.15) is 23.0 Å². The van der Waals surface area contributed by atoms with Crippen LogP contribution in [0.15, 0.2) is 266 Å². The van der Waals surface area contributed by atoms with Crippen molar-refractivity contribution in [3.8, 4) is 73.2 Å². The summed E-state index contributed by atoms with van der Waals surface area (Å²) in [6.07, 6.45) is 0. The Morgan fingerprint density at radius 1 is 0.314 bits per heavy atom. The highest BCUT2D eigenvalue weighted by Crippen LogP contribution is 2.57. The number of hydrogen-bond acceptors (Lipinski definition) is 4. The van der Waals surface area contributed by atoms with Gasteiger partial charge in [-0.1, -0.05) is 280 Å². The lowest BCUT2D eigenvalue weighted by Crippen LogP contribution is -2.65. The van der Waals surface area contributed by atoms with Crippen molar-refractivity contribution in [1.29, 1.82) is 0 Å². The molecule has 0 fully saturated rings. The molecule has 514 valence electrons. The summed E-state index contributed by atoms with van der Waals surface area (Å²) in [5.74, 6) is -1.26. The summed E-state index contributed by atoms with van der Waals surface area (Å²) in [4.78, 5) is 4.03. The van der Waals surface area contributed by atoms with E-state index >= 15 is 0 Å². The van der Waals surface area contributed by atoms with Crippen LogP contribution in [0, 0.1) is 0 Å². The third-order valence-corrected chi connectivity index (χ3v) is 21.2. The Morgan fingerprint density at radius 2 is 0.705 bits per heavy atom. The van der Waals surface area contributed by atoms with Crippen LogP contribution in [-0.4, -0.2) is 18.0 Å². The molecule has 18 rings (SSSR count). The Hall–Kier alpha value is -11.0. The van der Waals surface area contributed by atoms with E-state index in [1.807, 2.05) is 173 Å². The molecule has 5 heterocycles. The van der Waals surface area contributed by atoms with E-state index in [9.17, 15) is 24.7 Å². The molecule has 0 amide bonds. The molecule has 14 aromatic rings. The Morgan fingerprint density at radius 3 is 1.12 bits per heavy atom. The summed E-state index contributed by atoms with van der Waals surface area (Å²) in [7, 11) is 0. The molecule has 5 nitrogen and oxygen atoms in total. The van der Waals surface area contributed by atoms with Gasteiger partial charge in [0.15, 0.2) is 0 Å². The van der Waals surface area contributed by atoms with E-state index in [1.54, 1.807) is 0 Å². The predicted octanol–water partition coefficient (Wildman–Crippen LogP) is 22.7. The van der Waals surface area contributed by atoms with Crippen molar-refractivity contribution in [2.24, 2.45) is 0 Å². The first-order valence-electron chi connectivity index (χ1n) is 45.2. The SMILES string of the molecule is [2H]c1c([2H])c([2H])c2c(c1[2H])Oc1c([2H])c3c(c4c1B2c1c([2H])c([2H])c([2H])c([2H])c1O4)B1c2c(cc(C(C)(C)C)cc2N3c2c(-c3ccccc3)cc(C(C)(C)C)cc2-c2ccccc2)N(c2c(-c3ccccc3)cc(C(C)(C)C)cc2-c2ccccc2)c2c([2H])c(-n3c4c([2H])c([2H])c(C(C)(C)C)c([2H])c4c4c([2H])c(C(C)(C)C)c([2H])c([2H])c43)c([2H])c([2H])c21. The molecule has 4 aliphatic heterocycles. The monoisotopic (exact) mass is 1380 g/mol. The second kappa shape index (κ2) is 23.8. The quantitative estimate of drug-likeness (QED) is 0.149. The maximum atomic E-state index is 12.1. The van der Waals surface area contributed by atoms with Gasteiger partial charge in [-0.05, 0) is 189 Å². The van der Waals surface area contributed by atoms with Crippen LogP contribution in [0.1, 0.15) is 156 Å². The van der Waals surface area contributed by atoms with Crippen LogP contribution in [0.4, 0.5) is 34.1 Å². The van der Waals surface area contributed by atoms with Crippen LogP contribution in [0.5, 0.6) is 23.0 Å². The highest BCUT2D eigenvalue weighted by Gasteiger charge is 2.52. The van der Waals surface area contributed by atoms with Gasteiger partial charge < -0.3 is 23.8 Å². The van der Waals surface area contributed by atoms with Crippen molar-refractivity contribution >= 4 is 102 Å². The molecule has 7 heteroatoms. The summed E-state index contributed by atoms with van der Waals surface area (Å²) in [6.45, 7) is 26.9. The van der Waals surface area contributed by atoms with Gasteiger partial charge in [0, 0.05) is 73.0 Å². The highest BCUT2D eigenvalue weighted by molar-refractivity contribution is 7.03. The van der Waals surface area contributed by atoms with Crippen LogP contribution in [-0.2, 0) is 27.1 Å². The largest absolute Gasteiger partial charge is 0.459 e. The molecular weight excluding hydrogens is 1270 g/mol. The van der Waals surface area contributed by atoms with Gasteiger partial charge >= 0.3 is 0 Å². The predicted molar refractivity (Wildman–Crippen MR) is 448 cm³/mol. The van der Waals surface area contributed by atoms with Crippen molar-refractivity contribution in [2.45, 2.75) is 131 Å². The minimum Gasteiger partial charge on any atom is -0.459 e. The summed E-state index contributed by atoms with van der Waals surface area (Å²) in [5, 5.41) is -0.0423. The summed E-state index contributed by atoms with van der Waals surface area (Å²) >= 11 is 0. The lowest BCUT2D eigenvalue weighted by Gasteiger charge is -2.48. The van der Waals surface area contributed by atoms with Gasteiger partial charge in [0.25, 0.3) is 13.4 Å². The number of rotatable bonds is 7. The normalized spacial score (nSPS) is 16.1. The molecule has 1 aromatic heterocycles. The van der Waals surface area contributed by atoms with E-state index in [2.05, 4.69) is 98.7 Å². The van der Waals surface area contributed by atoms with Gasteiger partial charge in [0.05, 0.1) is 47.1 Å². The lowest BCUT2D eigenvalue weighted by molar-refractivity contribution is 0.467. The molecule has 0 spiro atoms. The number of aromatic nitrogens is 1. The second-order valence-corrected chi connectivity index (χ2v) is 33.4. The van der Waals surface area contributed by atoms with Crippen molar-refractivity contribution in [1.82, 2.24) is 4.57 Å². The first kappa shape index (κ1) is 48.8. The molecule has 0 saturated heterocycles. The standard InChI is InChI=1S/C98H89B2N3O2/c1-94(2,3)64-44-48-79-74(50-64)75-51-65(95(4,5)6)45-49-80(75)101(79)69-46-47-76-81(58-69)102(91-70(60-32-20-16-21-33-60)52-66(96(7,8)9)53-71(91)61-34-22-17-23-35-61)82-56-68(98(13,14)15)57-83-88(82)100(76)89-84(59-87-90-93(89)105-86-43-31-29-41-78(86)99(90)77-40-28-30-42-85(77)104-87)103(83)92-72(62-36-24-18-25-37-62)54-67(97(10,11)12)55-73(92)63-38-26-19-27-39-63/h16-59H,1-15H3/i28D,29D,30D,31D,40D,41D,42D,43D,44D,45D,46D,47D,48D,49D,50D,51D,58D,59D. The molecular formula is C98H89B2N3O2. The average molecular weight is 1380 g/mol. The molecule has 0 saturated carbocycles. The number of benzene rings is 13. The van der Waals surface area contributed by atoms with Crippen LogP contribution in [0.25, 0.3) is 72.0 Å². The third-order valence-electron chi connectivity index (χ3n) is 21.2. The zero-order valence-electron chi connectivity index (χ0n) is 79.8. The van der Waals surface area contributed by atoms with E-state index in [0.717, 1.165) is 33.4 Å². The smallest absolute Gasteiger partial charge is 0.260 e. The molecule has 13 aromatic carbocycles. The van der Waals surface area contributed by atoms with Crippen molar-refractivity contribution in [2.75, 3.05) is 9.80 Å². The van der Waals surface area contributed by atoms with E-state index in [1.165, 1.54) is 4.57 Å². The number of hydrogen-bond donors (Lipinski definition) is 0. The molecule has 0 radical (unpaired) electrons. The molecule has 0 aliphatic carbocycles. The topological polar surface area (TPSA) is 29.9 Å². The Balaban J connectivity index is 1.14. The number of fused-ring (bicyclic) bond motifs is 12. The first-order chi connectivity index (χ1) is 57.8. The minimum absolute atomic E-state index is 0.0211. The average Bonchev–Trinajstić information content (AvgIpc) is 0.824. The Labute approximate surface area is 646 Å². The third kappa shape index (κ3) is 10.7. The minimum atomic E-state index is -1.61. The van der Waals surface area contributed by atoms with Gasteiger partial charge in [-0.25, -0.2) is 0 Å². The fourth-order valence-corrected chi connectivity index (χ4v) is 15.6. The van der Waals surface area contributed by atoms with Crippen LogP contribution >= 0.6 is 0 Å².